The fraction of sp³-hybridized carbons (Fsp3) is 1.00. The van der Waals surface area contributed by atoms with Crippen LogP contribution >= 0.6 is 23.5 Å². The molecule has 0 aromatic rings. The van der Waals surface area contributed by atoms with Gasteiger partial charge in [-0.2, -0.15) is 0 Å². The van der Waals surface area contributed by atoms with Crippen LogP contribution in [0.4, 0.5) is 0 Å². The Morgan fingerprint density at radius 1 is 0.923 bits per heavy atom. The van der Waals surface area contributed by atoms with Crippen molar-refractivity contribution in [2.75, 3.05) is 31.3 Å². The van der Waals surface area contributed by atoms with E-state index < -0.39 is 0 Å². The van der Waals surface area contributed by atoms with Gasteiger partial charge in [-0.05, 0) is 24.3 Å². The lowest BCUT2D eigenvalue weighted by Gasteiger charge is -2.37. The Morgan fingerprint density at radius 2 is 1.69 bits per heavy atom. The normalized spacial score (nSPS) is 36.9. The van der Waals surface area contributed by atoms with Gasteiger partial charge < -0.3 is 9.47 Å². The molecule has 0 amide bonds. The maximum Gasteiger partial charge on any atom is 0.162 e. The molecule has 2 saturated heterocycles. The Hall–Kier alpha value is 0.620. The van der Waals surface area contributed by atoms with E-state index in [1.165, 1.54) is 17.9 Å². The molecule has 4 heteroatoms. The molecular formula is C9H16O2S2. The lowest BCUT2D eigenvalue weighted by Crippen LogP contribution is -2.33. The lowest BCUT2D eigenvalue weighted by atomic mass is 10.4. The summed E-state index contributed by atoms with van der Waals surface area (Å²) >= 11 is 3.95. The smallest absolute Gasteiger partial charge is 0.162 e. The monoisotopic (exact) mass is 220 g/mol. The molecule has 1 atom stereocenters. The van der Waals surface area contributed by atoms with E-state index in [0.29, 0.717) is 0 Å². The molecule has 2 aliphatic heterocycles. The maximum absolute atomic E-state index is 5.89. The molecule has 2 rings (SSSR count). The molecular weight excluding hydrogens is 204 g/mol. The molecule has 2 heterocycles. The third-order valence-corrected chi connectivity index (χ3v) is 5.46. The Labute approximate surface area is 88.1 Å². The minimum absolute atomic E-state index is 0.0403. The fourth-order valence-corrected chi connectivity index (χ4v) is 4.31. The molecule has 1 spiro atoms. The molecule has 2 aliphatic rings. The van der Waals surface area contributed by atoms with Gasteiger partial charge in [-0.25, -0.2) is 0 Å². The predicted molar refractivity (Wildman–Crippen MR) is 58.3 cm³/mol. The van der Waals surface area contributed by atoms with Crippen LogP contribution in [0.3, 0.4) is 0 Å². The highest BCUT2D eigenvalue weighted by Gasteiger charge is 2.34. The molecule has 0 N–H and O–H groups in total. The summed E-state index contributed by atoms with van der Waals surface area (Å²) in [5, 5.41) is 0. The van der Waals surface area contributed by atoms with Gasteiger partial charge in [-0.15, -0.1) is 23.5 Å². The minimum Gasteiger partial charge on any atom is -0.381 e. The number of hydrogen-bond acceptors (Lipinski definition) is 4. The number of ether oxygens (including phenoxy) is 2. The van der Waals surface area contributed by atoms with E-state index in [1.807, 2.05) is 23.5 Å². The van der Waals surface area contributed by atoms with Gasteiger partial charge in [0.25, 0.3) is 0 Å². The van der Waals surface area contributed by atoms with E-state index in [0.717, 1.165) is 32.7 Å². The molecule has 0 aromatic heterocycles. The number of thioether (sulfide) groups is 2. The summed E-state index contributed by atoms with van der Waals surface area (Å²) in [6.45, 7) is 2.72. The lowest BCUT2D eigenvalue weighted by molar-refractivity contribution is 0.0416. The van der Waals surface area contributed by atoms with Crippen LogP contribution in [-0.4, -0.2) is 35.6 Å². The second-order valence-electron chi connectivity index (χ2n) is 3.30. The van der Waals surface area contributed by atoms with Crippen molar-refractivity contribution in [2.45, 2.75) is 23.5 Å². The van der Waals surface area contributed by atoms with Crippen LogP contribution in [0.5, 0.6) is 0 Å². The van der Waals surface area contributed by atoms with Crippen molar-refractivity contribution < 1.29 is 9.47 Å². The van der Waals surface area contributed by atoms with Crippen LogP contribution in [0.2, 0.25) is 0 Å². The van der Waals surface area contributed by atoms with E-state index in [9.17, 15) is 0 Å². The van der Waals surface area contributed by atoms with Crippen LogP contribution in [0.25, 0.3) is 0 Å². The largest absolute Gasteiger partial charge is 0.381 e. The summed E-state index contributed by atoms with van der Waals surface area (Å²) in [5.41, 5.74) is 0. The zero-order chi connectivity index (χ0) is 8.99. The minimum atomic E-state index is 0.0403. The third kappa shape index (κ3) is 2.78. The maximum atomic E-state index is 5.89. The van der Waals surface area contributed by atoms with Crippen molar-refractivity contribution in [3.63, 3.8) is 0 Å². The molecule has 0 aromatic carbocycles. The molecule has 1 unspecified atom stereocenters. The first kappa shape index (κ1) is 10.1. The second kappa shape index (κ2) is 4.91. The summed E-state index contributed by atoms with van der Waals surface area (Å²) in [7, 11) is 0. The Bertz CT molecular complexity index is 148. The Morgan fingerprint density at radius 3 is 2.46 bits per heavy atom. The molecule has 0 radical (unpaired) electrons. The van der Waals surface area contributed by atoms with Gasteiger partial charge in [0.2, 0.25) is 0 Å². The molecule has 76 valence electrons. The molecule has 2 nitrogen and oxygen atoms in total. The number of hydrogen-bond donors (Lipinski definition) is 0. The Kier molecular flexibility index (Phi) is 3.84. The average molecular weight is 220 g/mol. The van der Waals surface area contributed by atoms with Crippen LogP contribution in [-0.2, 0) is 9.47 Å². The van der Waals surface area contributed by atoms with Gasteiger partial charge >= 0.3 is 0 Å². The van der Waals surface area contributed by atoms with Crippen LogP contribution in [0.1, 0.15) is 19.3 Å². The molecule has 2 fully saturated rings. The third-order valence-electron chi connectivity index (χ3n) is 2.24. The van der Waals surface area contributed by atoms with E-state index >= 15 is 0 Å². The van der Waals surface area contributed by atoms with Gasteiger partial charge in [0.15, 0.2) is 4.27 Å². The van der Waals surface area contributed by atoms with Crippen LogP contribution in [0.15, 0.2) is 0 Å². The highest BCUT2D eigenvalue weighted by atomic mass is 32.2. The van der Waals surface area contributed by atoms with Gasteiger partial charge in [-0.1, -0.05) is 0 Å². The zero-order valence-corrected chi connectivity index (χ0v) is 9.42. The van der Waals surface area contributed by atoms with E-state index in [1.54, 1.807) is 0 Å². The van der Waals surface area contributed by atoms with Crippen molar-refractivity contribution in [3.05, 3.63) is 0 Å². The first-order chi connectivity index (χ1) is 6.41. The fourth-order valence-electron chi connectivity index (χ4n) is 1.54. The predicted octanol–water partition coefficient (Wildman–Crippen LogP) is 2.34. The highest BCUT2D eigenvalue weighted by molar-refractivity contribution is 8.18. The first-order valence-electron chi connectivity index (χ1n) is 4.91. The van der Waals surface area contributed by atoms with Gasteiger partial charge in [-0.3, -0.25) is 0 Å². The van der Waals surface area contributed by atoms with Crippen LogP contribution in [0, 0.1) is 0 Å². The van der Waals surface area contributed by atoms with Crippen molar-refractivity contribution in [2.24, 2.45) is 0 Å². The molecule has 13 heavy (non-hydrogen) atoms. The first-order valence-corrected chi connectivity index (χ1v) is 6.88. The van der Waals surface area contributed by atoms with Crippen molar-refractivity contribution in [1.82, 2.24) is 0 Å². The van der Waals surface area contributed by atoms with Gasteiger partial charge in [0, 0.05) is 13.0 Å². The summed E-state index contributed by atoms with van der Waals surface area (Å²) < 4.78 is 11.4. The zero-order valence-electron chi connectivity index (χ0n) is 7.79. The van der Waals surface area contributed by atoms with E-state index in [2.05, 4.69) is 0 Å². The van der Waals surface area contributed by atoms with E-state index in [4.69, 9.17) is 9.47 Å². The standard InChI is InChI=1S/C9H16O2S2/c1-4-10-6-3-9(12-7-1)11-5-2-8-13-9/h1-8H2. The van der Waals surface area contributed by atoms with Crippen molar-refractivity contribution in [1.29, 1.82) is 0 Å². The summed E-state index contributed by atoms with van der Waals surface area (Å²) in [6, 6.07) is 0. The Balaban J connectivity index is 1.91. The average Bonchev–Trinajstić information content (AvgIpc) is 2.14. The molecule has 0 bridgehead atoms. The topological polar surface area (TPSA) is 18.5 Å². The van der Waals surface area contributed by atoms with Gasteiger partial charge in [0.05, 0.1) is 13.2 Å². The highest BCUT2D eigenvalue weighted by Crippen LogP contribution is 2.45. The van der Waals surface area contributed by atoms with Crippen LogP contribution < -0.4 is 0 Å². The summed E-state index contributed by atoms with van der Waals surface area (Å²) in [6.07, 6.45) is 3.41. The SMILES string of the molecule is C1COCCC2(OCCCS2)SC1. The number of rotatable bonds is 0. The quantitative estimate of drug-likeness (QED) is 0.623. The van der Waals surface area contributed by atoms with Gasteiger partial charge in [0.1, 0.15) is 0 Å². The van der Waals surface area contributed by atoms with Crippen molar-refractivity contribution >= 4 is 23.5 Å². The van der Waals surface area contributed by atoms with E-state index in [-0.39, 0.29) is 4.27 Å². The molecule has 0 aliphatic carbocycles. The second-order valence-corrected chi connectivity index (χ2v) is 6.27. The molecule has 0 saturated carbocycles. The van der Waals surface area contributed by atoms with Crippen molar-refractivity contribution in [3.8, 4) is 0 Å². The summed E-state index contributed by atoms with van der Waals surface area (Å²) in [4.78, 5) is 0. The summed E-state index contributed by atoms with van der Waals surface area (Å²) in [5.74, 6) is 2.42.